The van der Waals surface area contributed by atoms with Gasteiger partial charge in [0.1, 0.15) is 28.8 Å². The van der Waals surface area contributed by atoms with E-state index in [2.05, 4.69) is 144 Å². The monoisotopic (exact) mass is 734 g/mol. The Morgan fingerprint density at radius 2 is 1.33 bits per heavy atom. The topological polar surface area (TPSA) is 66.3 Å². The number of anilines is 2. The Kier molecular flexibility index (Phi) is 7.01. The van der Waals surface area contributed by atoms with Gasteiger partial charge in [-0.3, -0.25) is 0 Å². The normalized spacial score (nSPS) is 18.5. The molecular formula is C51H34N4O2. The Morgan fingerprint density at radius 1 is 0.544 bits per heavy atom. The fourth-order valence-electron chi connectivity index (χ4n) is 9.04. The number of rotatable bonds is 5. The van der Waals surface area contributed by atoms with Crippen LogP contribution in [0.5, 0.6) is 0 Å². The van der Waals surface area contributed by atoms with Crippen molar-refractivity contribution in [3.05, 3.63) is 204 Å². The van der Waals surface area contributed by atoms with Crippen LogP contribution in [0.4, 0.5) is 11.4 Å². The van der Waals surface area contributed by atoms with E-state index in [1.165, 1.54) is 11.3 Å². The van der Waals surface area contributed by atoms with Gasteiger partial charge in [-0.25, -0.2) is 9.98 Å². The molecule has 6 heteroatoms. The first kappa shape index (κ1) is 31.9. The second-order valence-corrected chi connectivity index (χ2v) is 14.9. The average Bonchev–Trinajstić information content (AvgIpc) is 3.96. The number of fused-ring (bicyclic) bond motifs is 9. The highest BCUT2D eigenvalue weighted by atomic mass is 16.3. The maximum atomic E-state index is 6.81. The Balaban J connectivity index is 0.943. The van der Waals surface area contributed by atoms with E-state index in [1.807, 2.05) is 48.5 Å². The van der Waals surface area contributed by atoms with Gasteiger partial charge >= 0.3 is 0 Å². The van der Waals surface area contributed by atoms with E-state index >= 15 is 0 Å². The van der Waals surface area contributed by atoms with Gasteiger partial charge in [0, 0.05) is 49.8 Å². The van der Waals surface area contributed by atoms with Gasteiger partial charge in [0.15, 0.2) is 11.4 Å². The number of amidine groups is 2. The second-order valence-electron chi connectivity index (χ2n) is 14.9. The Morgan fingerprint density at radius 3 is 2.23 bits per heavy atom. The van der Waals surface area contributed by atoms with E-state index in [9.17, 15) is 0 Å². The lowest BCUT2D eigenvalue weighted by atomic mass is 9.91. The molecule has 0 radical (unpaired) electrons. The summed E-state index contributed by atoms with van der Waals surface area (Å²) < 4.78 is 13.4. The molecule has 0 fully saturated rings. The Bertz CT molecular complexity index is 3190. The summed E-state index contributed by atoms with van der Waals surface area (Å²) in [6.07, 6.45) is 8.60. The van der Waals surface area contributed by atoms with E-state index in [1.54, 1.807) is 0 Å². The summed E-state index contributed by atoms with van der Waals surface area (Å²) in [6.45, 7) is 0. The van der Waals surface area contributed by atoms with Gasteiger partial charge in [-0.05, 0) is 53.1 Å². The van der Waals surface area contributed by atoms with Gasteiger partial charge in [-0.2, -0.15) is 0 Å². The lowest BCUT2D eigenvalue weighted by Crippen LogP contribution is -2.33. The van der Waals surface area contributed by atoms with E-state index in [4.69, 9.17) is 18.8 Å². The summed E-state index contributed by atoms with van der Waals surface area (Å²) in [5.41, 5.74) is 12.3. The second kappa shape index (κ2) is 12.5. The van der Waals surface area contributed by atoms with Crippen LogP contribution >= 0.6 is 0 Å². The summed E-state index contributed by atoms with van der Waals surface area (Å²) in [5.74, 6) is 1.78. The third kappa shape index (κ3) is 5.04. The van der Waals surface area contributed by atoms with E-state index in [-0.39, 0.29) is 12.2 Å². The minimum Gasteiger partial charge on any atom is -0.456 e. The van der Waals surface area contributed by atoms with Gasteiger partial charge < -0.3 is 19.1 Å². The Labute approximate surface area is 328 Å². The molecule has 7 aromatic carbocycles. The van der Waals surface area contributed by atoms with Crippen molar-refractivity contribution in [2.24, 2.45) is 9.98 Å². The van der Waals surface area contributed by atoms with E-state index < -0.39 is 0 Å². The summed E-state index contributed by atoms with van der Waals surface area (Å²) in [6, 6.07) is 55.1. The number of furan rings is 2. The van der Waals surface area contributed by atoms with E-state index in [0.29, 0.717) is 11.8 Å². The van der Waals surface area contributed by atoms with Gasteiger partial charge in [0.2, 0.25) is 0 Å². The largest absolute Gasteiger partial charge is 0.456 e. The lowest BCUT2D eigenvalue weighted by Gasteiger charge is -2.28. The fraction of sp³-hybridized carbons (Fsp3) is 0.0588. The van der Waals surface area contributed by atoms with Crippen molar-refractivity contribution in [1.29, 1.82) is 0 Å². The summed E-state index contributed by atoms with van der Waals surface area (Å²) >= 11 is 0. The van der Waals surface area contributed by atoms with E-state index in [0.717, 1.165) is 83.2 Å². The quantitative estimate of drug-likeness (QED) is 0.191. The highest BCUT2D eigenvalue weighted by molar-refractivity contribution is 6.17. The van der Waals surface area contributed by atoms with Gasteiger partial charge in [-0.1, -0.05) is 146 Å². The minimum absolute atomic E-state index is 0.189. The number of benzene rings is 7. The van der Waals surface area contributed by atoms with Crippen LogP contribution in [0.25, 0.3) is 55.0 Å². The Hall–Kier alpha value is -7.44. The first-order chi connectivity index (χ1) is 28.2. The minimum atomic E-state index is -0.344. The number of allylic oxidation sites excluding steroid dienone is 2. The molecule has 0 amide bonds. The van der Waals surface area contributed by atoms with Crippen molar-refractivity contribution in [3.8, 4) is 11.1 Å². The predicted molar refractivity (Wildman–Crippen MR) is 232 cm³/mol. The number of hydrogen-bond donors (Lipinski definition) is 1. The number of hydrogen-bond acceptors (Lipinski definition) is 6. The number of nitrogens with one attached hydrogen (secondary N) is 1. The van der Waals surface area contributed by atoms with Crippen LogP contribution in [-0.4, -0.2) is 17.7 Å². The third-order valence-corrected chi connectivity index (χ3v) is 11.7. The highest BCUT2D eigenvalue weighted by Crippen LogP contribution is 2.50. The average molecular weight is 735 g/mol. The molecule has 57 heavy (non-hydrogen) atoms. The van der Waals surface area contributed by atoms with Gasteiger partial charge in [0.05, 0.1) is 11.7 Å². The SMILES string of the molecule is C1=CC2c3ccccc3N(c3cccc4c3oc3cccc(-c5ccc6oc7cc(C8N=C(c9ccccc9)N=C(c9ccccc9)N8)ccc7c6c5)c34)C2C=C1. The van der Waals surface area contributed by atoms with Gasteiger partial charge in [0.25, 0.3) is 0 Å². The molecule has 9 aromatic rings. The first-order valence-corrected chi connectivity index (χ1v) is 19.4. The molecule has 12 rings (SSSR count). The molecular weight excluding hydrogens is 701 g/mol. The van der Waals surface area contributed by atoms with Crippen LogP contribution in [0.3, 0.4) is 0 Å². The summed E-state index contributed by atoms with van der Waals surface area (Å²) in [5, 5.41) is 7.92. The molecule has 2 aromatic heterocycles. The van der Waals surface area contributed by atoms with Crippen LogP contribution in [0, 0.1) is 0 Å². The molecule has 0 saturated heterocycles. The number of nitrogens with zero attached hydrogens (tertiary/aromatic N) is 3. The molecule has 3 atom stereocenters. The first-order valence-electron chi connectivity index (χ1n) is 19.4. The molecule has 1 N–H and O–H groups in total. The molecule has 3 unspecified atom stereocenters. The zero-order valence-corrected chi connectivity index (χ0v) is 30.7. The van der Waals surface area contributed by atoms with Crippen LogP contribution in [0.2, 0.25) is 0 Å². The van der Waals surface area contributed by atoms with Crippen LogP contribution in [0.15, 0.2) is 201 Å². The summed E-state index contributed by atoms with van der Waals surface area (Å²) in [4.78, 5) is 12.5. The van der Waals surface area contributed by atoms with Crippen molar-refractivity contribution in [2.75, 3.05) is 4.90 Å². The van der Waals surface area contributed by atoms with Crippen molar-refractivity contribution >= 4 is 66.9 Å². The fourth-order valence-corrected chi connectivity index (χ4v) is 9.04. The molecule has 3 aliphatic rings. The van der Waals surface area contributed by atoms with Crippen LogP contribution in [0.1, 0.15) is 34.3 Å². The maximum Gasteiger partial charge on any atom is 0.159 e. The molecule has 270 valence electrons. The predicted octanol–water partition coefficient (Wildman–Crippen LogP) is 12.4. The standard InChI is InChI=1S/C51H34N4O2/c1-3-13-31(14-4-1)49-52-50(32-15-5-2-6-16-32)54-51(53-49)34-25-27-38-40-29-33(26-28-44(40)56-46(38)30-34)35-19-12-24-45-47(35)39-20-11-23-43(48(39)57-45)55-41-21-9-7-17-36(41)37-18-8-10-22-42(37)55/h1-30,36,41,51H,(H,52,53,54). The highest BCUT2D eigenvalue weighted by Gasteiger charge is 2.38. The smallest absolute Gasteiger partial charge is 0.159 e. The lowest BCUT2D eigenvalue weighted by molar-refractivity contribution is 0.655. The third-order valence-electron chi connectivity index (χ3n) is 11.7. The van der Waals surface area contributed by atoms with Crippen LogP contribution in [-0.2, 0) is 0 Å². The zero-order chi connectivity index (χ0) is 37.5. The maximum absolute atomic E-state index is 6.81. The van der Waals surface area contributed by atoms with Crippen molar-refractivity contribution in [2.45, 2.75) is 18.1 Å². The molecule has 0 bridgehead atoms. The number of para-hydroxylation sites is 2. The van der Waals surface area contributed by atoms with Crippen LogP contribution < -0.4 is 10.2 Å². The summed E-state index contributed by atoms with van der Waals surface area (Å²) in [7, 11) is 0. The molecule has 4 heterocycles. The molecule has 6 nitrogen and oxygen atoms in total. The molecule has 0 spiro atoms. The molecule has 1 aliphatic carbocycles. The molecule has 0 saturated carbocycles. The van der Waals surface area contributed by atoms with Crippen molar-refractivity contribution in [1.82, 2.24) is 5.32 Å². The van der Waals surface area contributed by atoms with Crippen molar-refractivity contribution < 1.29 is 8.83 Å². The van der Waals surface area contributed by atoms with Gasteiger partial charge in [-0.15, -0.1) is 0 Å². The zero-order valence-electron chi connectivity index (χ0n) is 30.7. The van der Waals surface area contributed by atoms with Crippen molar-refractivity contribution in [3.63, 3.8) is 0 Å². The number of aliphatic imine (C=N–C) groups is 2. The molecule has 2 aliphatic heterocycles.